The fourth-order valence-electron chi connectivity index (χ4n) is 3.59. The third kappa shape index (κ3) is 3.01. The first-order valence-electron chi connectivity index (χ1n) is 7.73. The molecule has 2 nitrogen and oxygen atoms in total. The molecule has 1 fully saturated rings. The van der Waals surface area contributed by atoms with Gasteiger partial charge in [-0.15, -0.1) is 11.6 Å². The van der Waals surface area contributed by atoms with Crippen molar-refractivity contribution in [2.24, 2.45) is 5.92 Å². The molecular formula is C17H22ClNO. The van der Waals surface area contributed by atoms with Gasteiger partial charge in [-0.1, -0.05) is 24.3 Å². The van der Waals surface area contributed by atoms with Crippen molar-refractivity contribution in [2.75, 3.05) is 6.54 Å². The molecule has 3 unspecified atom stereocenters. The fraction of sp³-hybridized carbons (Fsp3) is 0.588. The van der Waals surface area contributed by atoms with Crippen molar-refractivity contribution in [1.29, 1.82) is 0 Å². The summed E-state index contributed by atoms with van der Waals surface area (Å²) in [6, 6.07) is 8.38. The van der Waals surface area contributed by atoms with Gasteiger partial charge in [-0.25, -0.2) is 0 Å². The Bertz CT molecular complexity index is 488. The number of amides is 1. The van der Waals surface area contributed by atoms with Gasteiger partial charge in [-0.3, -0.25) is 4.79 Å². The lowest BCUT2D eigenvalue weighted by atomic mass is 9.82. The summed E-state index contributed by atoms with van der Waals surface area (Å²) < 4.78 is 0. The molecule has 2 aliphatic rings. The average Bonchev–Trinajstić information content (AvgIpc) is 2.90. The van der Waals surface area contributed by atoms with E-state index < -0.39 is 0 Å². The lowest BCUT2D eigenvalue weighted by Crippen LogP contribution is -2.34. The predicted molar refractivity (Wildman–Crippen MR) is 82.1 cm³/mol. The number of aryl methyl sites for hydroxylation is 1. The second-order valence-corrected chi connectivity index (χ2v) is 6.78. The number of fused-ring (bicyclic) bond motifs is 1. The predicted octanol–water partition coefficient (Wildman–Crippen LogP) is 3.63. The molecule has 1 aromatic rings. The van der Waals surface area contributed by atoms with Crippen molar-refractivity contribution >= 4 is 17.5 Å². The number of carbonyl (C=O) groups is 1. The van der Waals surface area contributed by atoms with E-state index in [4.69, 9.17) is 11.6 Å². The van der Waals surface area contributed by atoms with Crippen LogP contribution in [-0.4, -0.2) is 17.8 Å². The van der Waals surface area contributed by atoms with E-state index in [0.717, 1.165) is 45.1 Å². The molecule has 0 bridgehead atoms. The van der Waals surface area contributed by atoms with E-state index in [0.29, 0.717) is 11.3 Å². The van der Waals surface area contributed by atoms with Crippen molar-refractivity contribution in [3.05, 3.63) is 35.4 Å². The molecule has 0 spiro atoms. The Kier molecular flexibility index (Phi) is 4.30. The fourth-order valence-corrected chi connectivity index (χ4v) is 3.97. The Hall–Kier alpha value is -1.02. The van der Waals surface area contributed by atoms with Crippen LogP contribution in [0.2, 0.25) is 0 Å². The van der Waals surface area contributed by atoms with Gasteiger partial charge in [0.05, 0.1) is 5.92 Å². The summed E-state index contributed by atoms with van der Waals surface area (Å²) in [6.07, 6.45) is 6.48. The summed E-state index contributed by atoms with van der Waals surface area (Å²) in [5, 5.41) is 3.47. The smallest absolute Gasteiger partial charge is 0.227 e. The summed E-state index contributed by atoms with van der Waals surface area (Å²) in [7, 11) is 0. The minimum Gasteiger partial charge on any atom is -0.355 e. The van der Waals surface area contributed by atoms with Gasteiger partial charge < -0.3 is 5.32 Å². The maximum absolute atomic E-state index is 12.5. The van der Waals surface area contributed by atoms with Crippen LogP contribution in [0.25, 0.3) is 0 Å². The van der Waals surface area contributed by atoms with Crippen LogP contribution in [0, 0.1) is 5.92 Å². The van der Waals surface area contributed by atoms with Crippen LogP contribution in [0.5, 0.6) is 0 Å². The van der Waals surface area contributed by atoms with Crippen molar-refractivity contribution in [1.82, 2.24) is 5.32 Å². The zero-order chi connectivity index (χ0) is 13.9. The highest BCUT2D eigenvalue weighted by atomic mass is 35.5. The minimum atomic E-state index is 0.0492. The quantitative estimate of drug-likeness (QED) is 0.847. The second-order valence-electron chi connectivity index (χ2n) is 6.17. The molecule has 1 amide bonds. The highest BCUT2D eigenvalue weighted by molar-refractivity contribution is 6.20. The largest absolute Gasteiger partial charge is 0.355 e. The molecule has 0 radical (unpaired) electrons. The minimum absolute atomic E-state index is 0.0492. The molecule has 3 atom stereocenters. The van der Waals surface area contributed by atoms with Crippen molar-refractivity contribution in [3.8, 4) is 0 Å². The Balaban J connectivity index is 1.60. The zero-order valence-corrected chi connectivity index (χ0v) is 12.5. The molecule has 0 saturated heterocycles. The molecule has 1 saturated carbocycles. The van der Waals surface area contributed by atoms with Gasteiger partial charge in [0.1, 0.15) is 0 Å². The molecule has 1 aromatic carbocycles. The molecule has 3 rings (SSSR count). The zero-order valence-electron chi connectivity index (χ0n) is 11.8. The Morgan fingerprint density at radius 2 is 2.10 bits per heavy atom. The Morgan fingerprint density at radius 1 is 1.25 bits per heavy atom. The van der Waals surface area contributed by atoms with E-state index in [1.165, 1.54) is 11.1 Å². The number of hydrogen-bond donors (Lipinski definition) is 1. The number of hydrogen-bond acceptors (Lipinski definition) is 1. The molecular weight excluding hydrogens is 270 g/mol. The van der Waals surface area contributed by atoms with Gasteiger partial charge in [-0.2, -0.15) is 0 Å². The molecule has 3 heteroatoms. The summed E-state index contributed by atoms with van der Waals surface area (Å²) in [4.78, 5) is 12.5. The summed E-state index contributed by atoms with van der Waals surface area (Å²) in [5.41, 5.74) is 2.58. The van der Waals surface area contributed by atoms with Crippen LogP contribution in [-0.2, 0) is 11.2 Å². The van der Waals surface area contributed by atoms with Gasteiger partial charge >= 0.3 is 0 Å². The normalized spacial score (nSPS) is 28.9. The number of rotatable bonds is 3. The third-order valence-corrected chi connectivity index (χ3v) is 5.12. The highest BCUT2D eigenvalue weighted by Gasteiger charge is 2.28. The third-order valence-electron chi connectivity index (χ3n) is 4.73. The van der Waals surface area contributed by atoms with Crippen LogP contribution >= 0.6 is 11.6 Å². The van der Waals surface area contributed by atoms with Gasteiger partial charge in [0.25, 0.3) is 0 Å². The standard InChI is InChI=1S/C17H22ClNO/c18-14-9-8-12(10-14)11-19-17(20)16-7-3-5-13-4-1-2-6-15(13)16/h1-2,4,6,12,14,16H,3,5,7-11H2,(H,19,20). The van der Waals surface area contributed by atoms with E-state index in [2.05, 4.69) is 23.5 Å². The first kappa shape index (κ1) is 13.9. The summed E-state index contributed by atoms with van der Waals surface area (Å²) >= 11 is 6.13. The summed E-state index contributed by atoms with van der Waals surface area (Å²) in [6.45, 7) is 0.792. The number of halogens is 1. The lowest BCUT2D eigenvalue weighted by molar-refractivity contribution is -0.123. The summed E-state index contributed by atoms with van der Waals surface area (Å²) in [5.74, 6) is 0.823. The molecule has 0 heterocycles. The van der Waals surface area contributed by atoms with Crippen molar-refractivity contribution in [2.45, 2.75) is 49.8 Å². The SMILES string of the molecule is O=C(NCC1CCC(Cl)C1)C1CCCc2ccccc21. The molecule has 20 heavy (non-hydrogen) atoms. The van der Waals surface area contributed by atoms with E-state index in [9.17, 15) is 4.79 Å². The number of carbonyl (C=O) groups excluding carboxylic acids is 1. The molecule has 1 N–H and O–H groups in total. The van der Waals surface area contributed by atoms with E-state index in [1.807, 2.05) is 6.07 Å². The van der Waals surface area contributed by atoms with Gasteiger partial charge in [0, 0.05) is 11.9 Å². The first-order valence-corrected chi connectivity index (χ1v) is 8.17. The maximum Gasteiger partial charge on any atom is 0.227 e. The first-order chi connectivity index (χ1) is 9.74. The van der Waals surface area contributed by atoms with Crippen LogP contribution in [0.3, 0.4) is 0 Å². The van der Waals surface area contributed by atoms with Crippen LogP contribution in [0.4, 0.5) is 0 Å². The van der Waals surface area contributed by atoms with E-state index in [-0.39, 0.29) is 11.8 Å². The topological polar surface area (TPSA) is 29.1 Å². The molecule has 0 aliphatic heterocycles. The van der Waals surface area contributed by atoms with E-state index in [1.54, 1.807) is 0 Å². The highest BCUT2D eigenvalue weighted by Crippen LogP contribution is 2.32. The molecule has 2 aliphatic carbocycles. The maximum atomic E-state index is 12.5. The Labute approximate surface area is 125 Å². The number of alkyl halides is 1. The van der Waals surface area contributed by atoms with Crippen LogP contribution < -0.4 is 5.32 Å². The van der Waals surface area contributed by atoms with E-state index >= 15 is 0 Å². The average molecular weight is 292 g/mol. The Morgan fingerprint density at radius 3 is 2.90 bits per heavy atom. The van der Waals surface area contributed by atoms with Gasteiger partial charge in [0.2, 0.25) is 5.91 Å². The second kappa shape index (κ2) is 6.17. The number of nitrogens with one attached hydrogen (secondary N) is 1. The van der Waals surface area contributed by atoms with Gasteiger partial charge in [-0.05, 0) is 55.6 Å². The van der Waals surface area contributed by atoms with Crippen molar-refractivity contribution < 1.29 is 4.79 Å². The number of benzene rings is 1. The monoisotopic (exact) mass is 291 g/mol. The molecule has 0 aromatic heterocycles. The van der Waals surface area contributed by atoms with Crippen LogP contribution in [0.15, 0.2) is 24.3 Å². The lowest BCUT2D eigenvalue weighted by Gasteiger charge is -2.25. The van der Waals surface area contributed by atoms with Crippen LogP contribution in [0.1, 0.15) is 49.1 Å². The van der Waals surface area contributed by atoms with Gasteiger partial charge in [0.15, 0.2) is 0 Å². The molecule has 108 valence electrons. The van der Waals surface area contributed by atoms with Crippen molar-refractivity contribution in [3.63, 3.8) is 0 Å².